The van der Waals surface area contributed by atoms with Crippen molar-refractivity contribution in [3.8, 4) is 5.75 Å². The van der Waals surface area contributed by atoms with Crippen molar-refractivity contribution in [3.63, 3.8) is 0 Å². The van der Waals surface area contributed by atoms with Crippen molar-refractivity contribution in [1.29, 1.82) is 0 Å². The number of carbonyl (C=O) groups excluding carboxylic acids is 1. The summed E-state index contributed by atoms with van der Waals surface area (Å²) < 4.78 is 37.9. The van der Waals surface area contributed by atoms with Crippen molar-refractivity contribution in [2.45, 2.75) is 52.7 Å². The first-order valence-corrected chi connectivity index (χ1v) is 8.54. The highest BCUT2D eigenvalue weighted by Crippen LogP contribution is 2.25. The van der Waals surface area contributed by atoms with E-state index in [-0.39, 0.29) is 28.8 Å². The molecule has 1 atom stereocenters. The third-order valence-electron chi connectivity index (χ3n) is 2.89. The largest absolute Gasteiger partial charge is 0.488 e. The van der Waals surface area contributed by atoms with Crippen LogP contribution in [-0.2, 0) is 4.74 Å². The average molecular weight is 408 g/mol. The SMILES string of the molecule is CC(C)C[C@@H](COc1cc(F)c(Br)cc1F)NC(=O)OC(C)(C)C. The van der Waals surface area contributed by atoms with E-state index in [0.717, 1.165) is 12.1 Å². The molecule has 1 amide bonds. The fraction of sp³-hybridized carbons (Fsp3) is 0.588. The van der Waals surface area contributed by atoms with Gasteiger partial charge in [-0.25, -0.2) is 13.6 Å². The van der Waals surface area contributed by atoms with Gasteiger partial charge in [-0.3, -0.25) is 0 Å². The van der Waals surface area contributed by atoms with E-state index in [1.165, 1.54) is 0 Å². The Morgan fingerprint density at radius 3 is 2.42 bits per heavy atom. The smallest absolute Gasteiger partial charge is 0.407 e. The quantitative estimate of drug-likeness (QED) is 0.671. The first-order chi connectivity index (χ1) is 11.0. The summed E-state index contributed by atoms with van der Waals surface area (Å²) in [7, 11) is 0. The Morgan fingerprint density at radius 1 is 1.25 bits per heavy atom. The second-order valence-corrected chi connectivity index (χ2v) is 7.83. The van der Waals surface area contributed by atoms with Crippen LogP contribution in [-0.4, -0.2) is 24.3 Å². The summed E-state index contributed by atoms with van der Waals surface area (Å²) in [5.41, 5.74) is -0.617. The van der Waals surface area contributed by atoms with Crippen molar-refractivity contribution in [1.82, 2.24) is 5.32 Å². The van der Waals surface area contributed by atoms with Gasteiger partial charge in [-0.15, -0.1) is 0 Å². The van der Waals surface area contributed by atoms with Crippen LogP contribution in [0.4, 0.5) is 13.6 Å². The first-order valence-electron chi connectivity index (χ1n) is 7.74. The van der Waals surface area contributed by atoms with Gasteiger partial charge in [-0.2, -0.15) is 0 Å². The summed E-state index contributed by atoms with van der Waals surface area (Å²) in [5, 5.41) is 2.71. The number of halogens is 3. The maximum Gasteiger partial charge on any atom is 0.407 e. The van der Waals surface area contributed by atoms with Gasteiger partial charge in [0.25, 0.3) is 0 Å². The van der Waals surface area contributed by atoms with Crippen LogP contribution in [0, 0.1) is 17.6 Å². The van der Waals surface area contributed by atoms with E-state index in [4.69, 9.17) is 9.47 Å². The molecule has 0 radical (unpaired) electrons. The summed E-state index contributed by atoms with van der Waals surface area (Å²) in [6.45, 7) is 9.28. The molecule has 7 heteroatoms. The number of hydrogen-bond acceptors (Lipinski definition) is 3. The molecule has 0 unspecified atom stereocenters. The van der Waals surface area contributed by atoms with E-state index in [2.05, 4.69) is 21.2 Å². The zero-order chi connectivity index (χ0) is 18.5. The average Bonchev–Trinajstić information content (AvgIpc) is 2.38. The lowest BCUT2D eigenvalue weighted by atomic mass is 10.0. The van der Waals surface area contributed by atoms with Crippen LogP contribution in [0.5, 0.6) is 5.75 Å². The molecule has 0 aliphatic rings. The molecule has 1 aromatic rings. The van der Waals surface area contributed by atoms with E-state index in [0.29, 0.717) is 6.42 Å². The number of benzene rings is 1. The summed E-state index contributed by atoms with van der Waals surface area (Å²) in [4.78, 5) is 11.9. The molecule has 0 heterocycles. The Hall–Kier alpha value is -1.37. The Bertz CT molecular complexity index is 574. The molecular formula is C17H24BrF2NO3. The topological polar surface area (TPSA) is 47.6 Å². The first kappa shape index (κ1) is 20.7. The number of amides is 1. The normalized spacial score (nSPS) is 12.9. The number of carbonyl (C=O) groups is 1. The zero-order valence-corrected chi connectivity index (χ0v) is 16.2. The van der Waals surface area contributed by atoms with E-state index >= 15 is 0 Å². The van der Waals surface area contributed by atoms with Crippen LogP contribution < -0.4 is 10.1 Å². The third kappa shape index (κ3) is 7.47. The minimum atomic E-state index is -0.677. The second kappa shape index (κ2) is 8.65. The Morgan fingerprint density at radius 2 is 1.88 bits per heavy atom. The summed E-state index contributed by atoms with van der Waals surface area (Å²) >= 11 is 2.91. The van der Waals surface area contributed by atoms with Crippen LogP contribution in [0.2, 0.25) is 0 Å². The monoisotopic (exact) mass is 407 g/mol. The van der Waals surface area contributed by atoms with E-state index in [9.17, 15) is 13.6 Å². The highest BCUT2D eigenvalue weighted by atomic mass is 79.9. The van der Waals surface area contributed by atoms with Crippen molar-refractivity contribution in [3.05, 3.63) is 28.2 Å². The van der Waals surface area contributed by atoms with Gasteiger partial charge in [-0.1, -0.05) is 13.8 Å². The van der Waals surface area contributed by atoms with Crippen molar-refractivity contribution >= 4 is 22.0 Å². The fourth-order valence-corrected chi connectivity index (χ4v) is 2.33. The summed E-state index contributed by atoms with van der Waals surface area (Å²) in [6.07, 6.45) is 0.0408. The molecule has 0 saturated heterocycles. The van der Waals surface area contributed by atoms with Gasteiger partial charge in [0.15, 0.2) is 11.6 Å². The predicted octanol–water partition coefficient (Wildman–Crippen LogP) is 5.05. The lowest BCUT2D eigenvalue weighted by molar-refractivity contribution is 0.0479. The molecule has 0 bridgehead atoms. The number of nitrogens with one attached hydrogen (secondary N) is 1. The van der Waals surface area contributed by atoms with E-state index < -0.39 is 23.3 Å². The Balaban J connectivity index is 2.73. The van der Waals surface area contributed by atoms with Gasteiger partial charge >= 0.3 is 6.09 Å². The molecule has 0 fully saturated rings. The number of rotatable bonds is 6. The number of ether oxygens (including phenoxy) is 2. The Labute approximate surface area is 150 Å². The second-order valence-electron chi connectivity index (χ2n) is 6.98. The summed E-state index contributed by atoms with van der Waals surface area (Å²) in [5.74, 6) is -1.22. The van der Waals surface area contributed by atoms with Gasteiger partial charge in [0.2, 0.25) is 0 Å². The molecule has 1 N–H and O–H groups in total. The molecular weight excluding hydrogens is 384 g/mol. The standard InChI is InChI=1S/C17H24BrF2NO3/c1-10(2)6-11(21-16(22)24-17(3,4)5)9-23-15-8-13(19)12(18)7-14(15)20/h7-8,10-11H,6,9H2,1-5H3,(H,21,22)/t11-/m0/s1. The maximum atomic E-state index is 13.8. The molecule has 4 nitrogen and oxygen atoms in total. The minimum Gasteiger partial charge on any atom is -0.488 e. The van der Waals surface area contributed by atoms with E-state index in [1.54, 1.807) is 20.8 Å². The zero-order valence-electron chi connectivity index (χ0n) is 14.6. The minimum absolute atomic E-state index is 0.00934. The van der Waals surface area contributed by atoms with Crippen LogP contribution in [0.25, 0.3) is 0 Å². The van der Waals surface area contributed by atoms with Gasteiger partial charge in [0.05, 0.1) is 10.5 Å². The van der Waals surface area contributed by atoms with Crippen molar-refractivity contribution < 1.29 is 23.0 Å². The van der Waals surface area contributed by atoms with E-state index in [1.807, 2.05) is 13.8 Å². The molecule has 1 rings (SSSR count). The van der Waals surface area contributed by atoms with Crippen molar-refractivity contribution in [2.24, 2.45) is 5.92 Å². The van der Waals surface area contributed by atoms with Gasteiger partial charge in [0, 0.05) is 6.07 Å². The highest BCUT2D eigenvalue weighted by Gasteiger charge is 2.21. The molecule has 1 aromatic carbocycles. The summed E-state index contributed by atoms with van der Waals surface area (Å²) in [6, 6.07) is 1.59. The fourth-order valence-electron chi connectivity index (χ4n) is 2.02. The maximum absolute atomic E-state index is 13.8. The van der Waals surface area contributed by atoms with Gasteiger partial charge in [-0.05, 0) is 55.1 Å². The number of alkyl carbamates (subject to hydrolysis) is 1. The molecule has 24 heavy (non-hydrogen) atoms. The van der Waals surface area contributed by atoms with Gasteiger partial charge < -0.3 is 14.8 Å². The molecule has 0 saturated carbocycles. The molecule has 0 aliphatic carbocycles. The van der Waals surface area contributed by atoms with Gasteiger partial charge in [0.1, 0.15) is 18.0 Å². The Kier molecular flexibility index (Phi) is 7.45. The van der Waals surface area contributed by atoms with Crippen LogP contribution >= 0.6 is 15.9 Å². The number of hydrogen-bond donors (Lipinski definition) is 1. The van der Waals surface area contributed by atoms with Crippen molar-refractivity contribution in [2.75, 3.05) is 6.61 Å². The van der Waals surface area contributed by atoms with Crippen LogP contribution in [0.3, 0.4) is 0 Å². The highest BCUT2D eigenvalue weighted by molar-refractivity contribution is 9.10. The lowest BCUT2D eigenvalue weighted by Crippen LogP contribution is -2.42. The molecule has 0 aliphatic heterocycles. The molecule has 0 spiro atoms. The predicted molar refractivity (Wildman–Crippen MR) is 92.2 cm³/mol. The molecule has 136 valence electrons. The lowest BCUT2D eigenvalue weighted by Gasteiger charge is -2.24. The third-order valence-corrected chi connectivity index (χ3v) is 3.50. The van der Waals surface area contributed by atoms with Crippen LogP contribution in [0.15, 0.2) is 16.6 Å². The molecule has 0 aromatic heterocycles. The van der Waals surface area contributed by atoms with Crippen LogP contribution in [0.1, 0.15) is 41.0 Å².